The largest absolute Gasteiger partial charge is 0.257 e. The van der Waals surface area contributed by atoms with Crippen molar-refractivity contribution in [2.24, 2.45) is 4.99 Å². The predicted molar refractivity (Wildman–Crippen MR) is 61.0 cm³/mol. The molecule has 1 nitrogen and oxygen atoms in total. The first-order valence-corrected chi connectivity index (χ1v) is 4.37. The molecule has 1 heteroatoms. The Kier molecular flexibility index (Phi) is 6.52. The summed E-state index contributed by atoms with van der Waals surface area (Å²) < 4.78 is 0. The van der Waals surface area contributed by atoms with Crippen LogP contribution in [0.2, 0.25) is 0 Å². The number of allylic oxidation sites excluding steroid dienone is 6. The highest BCUT2D eigenvalue weighted by Crippen LogP contribution is 2.08. The standard InChI is InChI=1S/C12H17N/c1-5-8-11(4)12(9-6-2)13-10-7-3/h5-10H,3H2,1-2,4H3/b8-5-,9-6-,12-11+,13-10?. The molecule has 0 saturated heterocycles. The molecule has 0 spiro atoms. The van der Waals surface area contributed by atoms with Gasteiger partial charge in [0.25, 0.3) is 0 Å². The molecule has 0 N–H and O–H groups in total. The van der Waals surface area contributed by atoms with Crippen LogP contribution in [-0.2, 0) is 0 Å². The third-order valence-corrected chi connectivity index (χ3v) is 1.46. The Hall–Kier alpha value is -1.37. The molecule has 0 aliphatic carbocycles. The smallest absolute Gasteiger partial charge is 0.0655 e. The summed E-state index contributed by atoms with van der Waals surface area (Å²) in [6.45, 7) is 9.59. The zero-order chi connectivity index (χ0) is 10.1. The van der Waals surface area contributed by atoms with Crippen LogP contribution in [0.3, 0.4) is 0 Å². The van der Waals surface area contributed by atoms with Crippen LogP contribution in [-0.4, -0.2) is 6.21 Å². The van der Waals surface area contributed by atoms with E-state index in [-0.39, 0.29) is 0 Å². The highest BCUT2D eigenvalue weighted by atomic mass is 14.7. The molecule has 0 saturated carbocycles. The van der Waals surface area contributed by atoms with E-state index in [0.717, 1.165) is 11.3 Å². The Morgan fingerprint density at radius 2 is 1.77 bits per heavy atom. The van der Waals surface area contributed by atoms with Crippen molar-refractivity contribution >= 4 is 6.21 Å². The first-order chi connectivity index (χ1) is 6.26. The Bertz CT molecular complexity index is 265. The highest BCUT2D eigenvalue weighted by molar-refractivity contribution is 5.71. The molecule has 70 valence electrons. The molecule has 0 aromatic heterocycles. The van der Waals surface area contributed by atoms with Crippen molar-refractivity contribution in [1.82, 2.24) is 0 Å². The van der Waals surface area contributed by atoms with Gasteiger partial charge in [-0.2, -0.15) is 0 Å². The van der Waals surface area contributed by atoms with Gasteiger partial charge >= 0.3 is 0 Å². The van der Waals surface area contributed by atoms with E-state index in [1.54, 1.807) is 12.3 Å². The fraction of sp³-hybridized carbons (Fsp3) is 0.250. The van der Waals surface area contributed by atoms with Gasteiger partial charge in [-0.05, 0) is 32.4 Å². The third kappa shape index (κ3) is 4.96. The predicted octanol–water partition coefficient (Wildman–Crippen LogP) is 3.67. The SMILES string of the molecule is C=CC=NC(/C=C\C)=C(C)/C=C\C. The maximum Gasteiger partial charge on any atom is 0.0655 e. The van der Waals surface area contributed by atoms with Crippen LogP contribution in [0.1, 0.15) is 20.8 Å². The molecule has 0 heterocycles. The molecule has 0 bridgehead atoms. The molecule has 0 aromatic rings. The first-order valence-electron chi connectivity index (χ1n) is 4.37. The molecule has 0 aliphatic heterocycles. The average Bonchev–Trinajstić information content (AvgIpc) is 2.12. The summed E-state index contributed by atoms with van der Waals surface area (Å²) in [5, 5.41) is 0. The summed E-state index contributed by atoms with van der Waals surface area (Å²) in [7, 11) is 0. The van der Waals surface area contributed by atoms with Crippen LogP contribution >= 0.6 is 0 Å². The molecular weight excluding hydrogens is 158 g/mol. The van der Waals surface area contributed by atoms with Crippen molar-refractivity contribution in [3.63, 3.8) is 0 Å². The molecule has 13 heavy (non-hydrogen) atoms. The van der Waals surface area contributed by atoms with Gasteiger partial charge in [-0.3, -0.25) is 4.99 Å². The van der Waals surface area contributed by atoms with Crippen molar-refractivity contribution in [2.75, 3.05) is 0 Å². The van der Waals surface area contributed by atoms with Gasteiger partial charge in [0.05, 0.1) is 5.70 Å². The molecule has 0 aromatic carbocycles. The van der Waals surface area contributed by atoms with Crippen LogP contribution in [0, 0.1) is 0 Å². The summed E-state index contributed by atoms with van der Waals surface area (Å²) in [6.07, 6.45) is 11.4. The summed E-state index contributed by atoms with van der Waals surface area (Å²) in [4.78, 5) is 4.25. The van der Waals surface area contributed by atoms with E-state index < -0.39 is 0 Å². The quantitative estimate of drug-likeness (QED) is 0.456. The average molecular weight is 175 g/mol. The molecule has 0 fully saturated rings. The van der Waals surface area contributed by atoms with Crippen molar-refractivity contribution in [2.45, 2.75) is 20.8 Å². The van der Waals surface area contributed by atoms with E-state index >= 15 is 0 Å². The second-order valence-electron chi connectivity index (χ2n) is 2.58. The Labute approximate surface area is 80.9 Å². The van der Waals surface area contributed by atoms with Crippen LogP contribution in [0.4, 0.5) is 0 Å². The number of hydrogen-bond donors (Lipinski definition) is 0. The van der Waals surface area contributed by atoms with Crippen molar-refractivity contribution < 1.29 is 0 Å². The number of aliphatic imine (C=N–C) groups is 1. The minimum absolute atomic E-state index is 0.973. The van der Waals surface area contributed by atoms with E-state index in [9.17, 15) is 0 Å². The summed E-state index contributed by atoms with van der Waals surface area (Å²) in [6, 6.07) is 0. The second kappa shape index (κ2) is 7.29. The summed E-state index contributed by atoms with van der Waals surface area (Å²) in [5.41, 5.74) is 2.12. The van der Waals surface area contributed by atoms with E-state index in [1.807, 2.05) is 45.1 Å². The Morgan fingerprint density at radius 3 is 2.23 bits per heavy atom. The summed E-state index contributed by atoms with van der Waals surface area (Å²) >= 11 is 0. The lowest BCUT2D eigenvalue weighted by Gasteiger charge is -1.97. The lowest BCUT2D eigenvalue weighted by molar-refractivity contribution is 1.31. The summed E-state index contributed by atoms with van der Waals surface area (Å²) in [5.74, 6) is 0. The van der Waals surface area contributed by atoms with Gasteiger partial charge in [-0.25, -0.2) is 0 Å². The first kappa shape index (κ1) is 11.6. The Morgan fingerprint density at radius 1 is 1.15 bits per heavy atom. The number of nitrogens with zero attached hydrogens (tertiary/aromatic N) is 1. The van der Waals surface area contributed by atoms with Gasteiger partial charge in [0, 0.05) is 6.21 Å². The molecule has 0 unspecified atom stereocenters. The minimum Gasteiger partial charge on any atom is -0.257 e. The van der Waals surface area contributed by atoms with Crippen LogP contribution < -0.4 is 0 Å². The number of hydrogen-bond acceptors (Lipinski definition) is 1. The van der Waals surface area contributed by atoms with Gasteiger partial charge in [0.2, 0.25) is 0 Å². The topological polar surface area (TPSA) is 12.4 Å². The van der Waals surface area contributed by atoms with Crippen LogP contribution in [0.25, 0.3) is 0 Å². The zero-order valence-electron chi connectivity index (χ0n) is 8.62. The molecule has 0 amide bonds. The van der Waals surface area contributed by atoms with Crippen molar-refractivity contribution in [3.8, 4) is 0 Å². The third-order valence-electron chi connectivity index (χ3n) is 1.46. The zero-order valence-corrected chi connectivity index (χ0v) is 8.62. The van der Waals surface area contributed by atoms with E-state index in [1.165, 1.54) is 0 Å². The van der Waals surface area contributed by atoms with Crippen LogP contribution in [0.15, 0.2) is 53.2 Å². The van der Waals surface area contributed by atoms with Crippen molar-refractivity contribution in [1.29, 1.82) is 0 Å². The maximum atomic E-state index is 4.25. The highest BCUT2D eigenvalue weighted by Gasteiger charge is 1.90. The number of rotatable bonds is 4. The monoisotopic (exact) mass is 175 g/mol. The van der Waals surface area contributed by atoms with Gasteiger partial charge in [0.15, 0.2) is 0 Å². The van der Waals surface area contributed by atoms with E-state index in [0.29, 0.717) is 0 Å². The molecule has 0 atom stereocenters. The van der Waals surface area contributed by atoms with Gasteiger partial charge in [-0.15, -0.1) is 0 Å². The molecular formula is C12H17N. The van der Waals surface area contributed by atoms with Crippen molar-refractivity contribution in [3.05, 3.63) is 48.2 Å². The van der Waals surface area contributed by atoms with E-state index in [2.05, 4.69) is 11.6 Å². The molecule has 0 rings (SSSR count). The van der Waals surface area contributed by atoms with E-state index in [4.69, 9.17) is 0 Å². The Balaban J connectivity index is 4.86. The molecule has 0 aliphatic rings. The lowest BCUT2D eigenvalue weighted by atomic mass is 10.2. The minimum atomic E-state index is 0.973. The maximum absolute atomic E-state index is 4.25. The van der Waals surface area contributed by atoms with Crippen LogP contribution in [0.5, 0.6) is 0 Å². The van der Waals surface area contributed by atoms with Gasteiger partial charge in [-0.1, -0.05) is 30.9 Å². The fourth-order valence-corrected chi connectivity index (χ4v) is 0.903. The fourth-order valence-electron chi connectivity index (χ4n) is 0.903. The van der Waals surface area contributed by atoms with Gasteiger partial charge < -0.3 is 0 Å². The second-order valence-corrected chi connectivity index (χ2v) is 2.58. The van der Waals surface area contributed by atoms with Gasteiger partial charge in [0.1, 0.15) is 0 Å². The molecule has 0 radical (unpaired) electrons. The lowest BCUT2D eigenvalue weighted by Crippen LogP contribution is -1.79. The normalized spacial score (nSPS) is 14.4.